The topological polar surface area (TPSA) is 55.4 Å². The Bertz CT molecular complexity index is 531. The van der Waals surface area contributed by atoms with Crippen molar-refractivity contribution in [3.8, 4) is 5.75 Å². The van der Waals surface area contributed by atoms with Gasteiger partial charge < -0.3 is 4.74 Å². The lowest BCUT2D eigenvalue weighted by Gasteiger charge is -2.16. The van der Waals surface area contributed by atoms with Crippen molar-refractivity contribution in [2.75, 3.05) is 11.3 Å². The Labute approximate surface area is 121 Å². The molecule has 0 heterocycles. The minimum absolute atomic E-state index is 0.338. The van der Waals surface area contributed by atoms with E-state index in [1.165, 1.54) is 6.07 Å². The van der Waals surface area contributed by atoms with Crippen LogP contribution in [0.25, 0.3) is 0 Å². The fourth-order valence-electron chi connectivity index (χ4n) is 1.20. The predicted molar refractivity (Wildman–Crippen MR) is 78.0 cm³/mol. The van der Waals surface area contributed by atoms with Gasteiger partial charge in [0.1, 0.15) is 0 Å². The van der Waals surface area contributed by atoms with Crippen LogP contribution >= 0.6 is 27.5 Å². The minimum Gasteiger partial charge on any atom is -0.490 e. The Morgan fingerprint density at radius 2 is 2.06 bits per heavy atom. The van der Waals surface area contributed by atoms with Crippen LogP contribution in [0.1, 0.15) is 20.8 Å². The fraction of sp³-hybridized carbons (Fsp3) is 0.455. The molecule has 102 valence electrons. The van der Waals surface area contributed by atoms with Crippen LogP contribution < -0.4 is 9.46 Å². The molecule has 0 unspecified atom stereocenters. The van der Waals surface area contributed by atoms with Gasteiger partial charge in [0.05, 0.1) is 22.0 Å². The molecular formula is C11H15BrClNO3S. The molecule has 7 heteroatoms. The standard InChI is InChI=1S/C11H15BrClNO3S/c1-4-17-11-9(12)5-8(13)6-10(11)14-18(15,16)7(2)3/h5-7,14H,4H2,1-3H3. The minimum atomic E-state index is -3.44. The highest BCUT2D eigenvalue weighted by Gasteiger charge is 2.19. The maximum Gasteiger partial charge on any atom is 0.235 e. The lowest BCUT2D eigenvalue weighted by Crippen LogP contribution is -2.22. The molecule has 0 atom stereocenters. The predicted octanol–water partition coefficient (Wildman–Crippen LogP) is 3.65. The zero-order valence-corrected chi connectivity index (χ0v) is 13.5. The second kappa shape index (κ2) is 6.12. The van der Waals surface area contributed by atoms with Gasteiger partial charge in [0.25, 0.3) is 0 Å². The zero-order valence-electron chi connectivity index (χ0n) is 10.3. The Hall–Kier alpha value is -0.460. The molecule has 1 aromatic carbocycles. The summed E-state index contributed by atoms with van der Waals surface area (Å²) in [4.78, 5) is 0. The van der Waals surface area contributed by atoms with Gasteiger partial charge in [-0.25, -0.2) is 8.42 Å². The van der Waals surface area contributed by atoms with Crippen molar-refractivity contribution in [2.45, 2.75) is 26.0 Å². The third-order valence-electron chi connectivity index (χ3n) is 2.17. The first kappa shape index (κ1) is 15.6. The SMILES string of the molecule is CCOc1c(Br)cc(Cl)cc1NS(=O)(=O)C(C)C. The quantitative estimate of drug-likeness (QED) is 0.876. The molecule has 1 rings (SSSR count). The summed E-state index contributed by atoms with van der Waals surface area (Å²) in [7, 11) is -3.44. The van der Waals surface area contributed by atoms with Gasteiger partial charge in [0.2, 0.25) is 10.0 Å². The average Bonchev–Trinajstić information content (AvgIpc) is 2.22. The van der Waals surface area contributed by atoms with Crippen molar-refractivity contribution >= 4 is 43.2 Å². The third kappa shape index (κ3) is 3.76. The first-order valence-corrected chi connectivity index (χ1v) is 8.13. The molecule has 0 spiro atoms. The van der Waals surface area contributed by atoms with E-state index in [0.717, 1.165) is 0 Å². The summed E-state index contributed by atoms with van der Waals surface area (Å²) >= 11 is 9.21. The van der Waals surface area contributed by atoms with E-state index in [1.807, 2.05) is 6.92 Å². The summed E-state index contributed by atoms with van der Waals surface area (Å²) in [6.07, 6.45) is 0. The lowest BCUT2D eigenvalue weighted by molar-refractivity contribution is 0.340. The summed E-state index contributed by atoms with van der Waals surface area (Å²) in [6, 6.07) is 3.18. The van der Waals surface area contributed by atoms with Crippen molar-refractivity contribution in [2.24, 2.45) is 0 Å². The number of anilines is 1. The van der Waals surface area contributed by atoms with Gasteiger partial charge in [0, 0.05) is 5.02 Å². The Morgan fingerprint density at radius 3 is 2.56 bits per heavy atom. The van der Waals surface area contributed by atoms with Crippen molar-refractivity contribution in [3.05, 3.63) is 21.6 Å². The maximum absolute atomic E-state index is 11.9. The van der Waals surface area contributed by atoms with Crippen LogP contribution in [-0.4, -0.2) is 20.3 Å². The van der Waals surface area contributed by atoms with Crippen LogP contribution in [0.5, 0.6) is 5.75 Å². The second-order valence-corrected chi connectivity index (χ2v) is 7.42. The third-order valence-corrected chi connectivity index (χ3v) is 4.72. The van der Waals surface area contributed by atoms with E-state index in [0.29, 0.717) is 27.5 Å². The summed E-state index contributed by atoms with van der Waals surface area (Å²) < 4.78 is 32.2. The first-order valence-electron chi connectivity index (χ1n) is 5.41. The number of nitrogens with one attached hydrogen (secondary N) is 1. The normalized spacial score (nSPS) is 11.7. The lowest BCUT2D eigenvalue weighted by atomic mass is 10.3. The van der Waals surface area contributed by atoms with Crippen LogP contribution in [0.3, 0.4) is 0 Å². The van der Waals surface area contributed by atoms with E-state index in [4.69, 9.17) is 16.3 Å². The summed E-state index contributed by atoms with van der Waals surface area (Å²) in [5.74, 6) is 0.436. The van der Waals surface area contributed by atoms with Crippen LogP contribution in [0.4, 0.5) is 5.69 Å². The summed E-state index contributed by atoms with van der Waals surface area (Å²) in [6.45, 7) is 5.45. The molecule has 0 saturated heterocycles. The van der Waals surface area contributed by atoms with E-state index < -0.39 is 15.3 Å². The number of rotatable bonds is 5. The van der Waals surface area contributed by atoms with Gasteiger partial charge in [0.15, 0.2) is 5.75 Å². The molecule has 0 bridgehead atoms. The van der Waals surface area contributed by atoms with Crippen LogP contribution in [0.15, 0.2) is 16.6 Å². The van der Waals surface area contributed by atoms with E-state index in [9.17, 15) is 8.42 Å². The smallest absolute Gasteiger partial charge is 0.235 e. The van der Waals surface area contributed by atoms with Crippen LogP contribution in [0.2, 0.25) is 5.02 Å². The Morgan fingerprint density at radius 1 is 1.44 bits per heavy atom. The summed E-state index contributed by atoms with van der Waals surface area (Å²) in [5, 5.41) is -0.114. The number of benzene rings is 1. The maximum atomic E-state index is 11.9. The molecule has 1 aromatic rings. The largest absolute Gasteiger partial charge is 0.490 e. The van der Waals surface area contributed by atoms with E-state index in [2.05, 4.69) is 20.7 Å². The van der Waals surface area contributed by atoms with Crippen molar-refractivity contribution in [3.63, 3.8) is 0 Å². The van der Waals surface area contributed by atoms with Crippen LogP contribution in [0, 0.1) is 0 Å². The highest BCUT2D eigenvalue weighted by Crippen LogP contribution is 2.37. The molecule has 0 aliphatic carbocycles. The van der Waals surface area contributed by atoms with E-state index in [-0.39, 0.29) is 0 Å². The van der Waals surface area contributed by atoms with E-state index >= 15 is 0 Å². The molecule has 0 fully saturated rings. The van der Waals surface area contributed by atoms with Gasteiger partial charge in [-0.2, -0.15) is 0 Å². The van der Waals surface area contributed by atoms with Gasteiger partial charge >= 0.3 is 0 Å². The molecular weight excluding hydrogens is 342 g/mol. The van der Waals surface area contributed by atoms with Gasteiger partial charge in [-0.05, 0) is 48.8 Å². The Kier molecular flexibility index (Phi) is 5.31. The van der Waals surface area contributed by atoms with Gasteiger partial charge in [-0.3, -0.25) is 4.72 Å². The zero-order chi connectivity index (χ0) is 13.9. The van der Waals surface area contributed by atoms with E-state index in [1.54, 1.807) is 19.9 Å². The van der Waals surface area contributed by atoms with Crippen LogP contribution in [-0.2, 0) is 10.0 Å². The van der Waals surface area contributed by atoms with Crippen molar-refractivity contribution in [1.82, 2.24) is 0 Å². The molecule has 0 aromatic heterocycles. The van der Waals surface area contributed by atoms with Crippen molar-refractivity contribution in [1.29, 1.82) is 0 Å². The first-order chi connectivity index (χ1) is 8.27. The average molecular weight is 357 g/mol. The number of halogens is 2. The number of hydrogen-bond donors (Lipinski definition) is 1. The molecule has 4 nitrogen and oxygen atoms in total. The monoisotopic (exact) mass is 355 g/mol. The highest BCUT2D eigenvalue weighted by atomic mass is 79.9. The number of sulfonamides is 1. The molecule has 18 heavy (non-hydrogen) atoms. The highest BCUT2D eigenvalue weighted by molar-refractivity contribution is 9.10. The molecule has 0 amide bonds. The molecule has 0 aliphatic rings. The number of ether oxygens (including phenoxy) is 1. The fourth-order valence-corrected chi connectivity index (χ4v) is 2.82. The Balaban J connectivity index is 3.23. The number of hydrogen-bond acceptors (Lipinski definition) is 3. The molecule has 0 saturated carbocycles. The molecule has 0 radical (unpaired) electrons. The second-order valence-electron chi connectivity index (χ2n) is 3.89. The van der Waals surface area contributed by atoms with Gasteiger partial charge in [-0.1, -0.05) is 11.6 Å². The molecule has 1 N–H and O–H groups in total. The van der Waals surface area contributed by atoms with Gasteiger partial charge in [-0.15, -0.1) is 0 Å². The van der Waals surface area contributed by atoms with Crippen molar-refractivity contribution < 1.29 is 13.2 Å². The molecule has 0 aliphatic heterocycles. The summed E-state index contributed by atoms with van der Waals surface area (Å²) in [5.41, 5.74) is 0.338.